The fourth-order valence-electron chi connectivity index (χ4n) is 4.46. The molecule has 164 valence electrons. The van der Waals surface area contributed by atoms with E-state index in [1.54, 1.807) is 6.07 Å². The Kier molecular flexibility index (Phi) is 4.58. The Balaban J connectivity index is 1.26. The number of aromatic nitrogens is 3. The molecular formula is C22H19FN4O5. The summed E-state index contributed by atoms with van der Waals surface area (Å²) in [5.74, 6) is -1.56. The Morgan fingerprint density at radius 1 is 1.31 bits per heavy atom. The van der Waals surface area contributed by atoms with Crippen molar-refractivity contribution in [2.45, 2.75) is 31.3 Å². The number of anilines is 1. The number of phenols is 1. The molecule has 0 bridgehead atoms. The Labute approximate surface area is 181 Å². The quantitative estimate of drug-likeness (QED) is 0.368. The van der Waals surface area contributed by atoms with Crippen molar-refractivity contribution in [3.8, 4) is 11.4 Å². The standard InChI is InChI=1S/C22H19FN4O5/c23-17-11-14(28)1-2-18(17)27-10-6-19(25-27)24-20(29)13-3-7-22(8-4-13)16-12-26(31)9-5-15(16)21(30)32-22/h1-2,5-6,9-13,28H,3-4,7-8H2,(H,24,25,29)/t13-,22+. The predicted molar refractivity (Wildman–Crippen MR) is 108 cm³/mol. The second kappa shape index (κ2) is 7.33. The number of hydrogen-bond donors (Lipinski definition) is 2. The molecule has 3 aromatic rings. The third kappa shape index (κ3) is 3.33. The minimum Gasteiger partial charge on any atom is -0.619 e. The van der Waals surface area contributed by atoms with Crippen LogP contribution in [0.2, 0.25) is 0 Å². The van der Waals surface area contributed by atoms with Gasteiger partial charge in [0.1, 0.15) is 17.0 Å². The maximum Gasteiger partial charge on any atom is 0.339 e. The number of aromatic hydroxyl groups is 1. The van der Waals surface area contributed by atoms with Crippen LogP contribution in [-0.4, -0.2) is 26.8 Å². The molecule has 1 aliphatic heterocycles. The molecular weight excluding hydrogens is 419 g/mol. The summed E-state index contributed by atoms with van der Waals surface area (Å²) in [7, 11) is 0. The van der Waals surface area contributed by atoms with Crippen LogP contribution in [0.5, 0.6) is 5.75 Å². The lowest BCUT2D eigenvalue weighted by Crippen LogP contribution is -2.37. The fourth-order valence-corrected chi connectivity index (χ4v) is 4.46. The van der Waals surface area contributed by atoms with Gasteiger partial charge in [-0.1, -0.05) is 0 Å². The number of hydrogen-bond acceptors (Lipinski definition) is 6. The van der Waals surface area contributed by atoms with Gasteiger partial charge in [0.15, 0.2) is 24.0 Å². The number of benzene rings is 1. The molecule has 0 atom stereocenters. The van der Waals surface area contributed by atoms with Crippen LogP contribution < -0.4 is 10.0 Å². The van der Waals surface area contributed by atoms with Crippen LogP contribution in [0.25, 0.3) is 5.69 Å². The molecule has 1 aliphatic carbocycles. The first-order valence-electron chi connectivity index (χ1n) is 10.2. The number of phenolic OH excluding ortho intramolecular Hbond substituents is 1. The van der Waals surface area contributed by atoms with E-state index in [-0.39, 0.29) is 29.1 Å². The SMILES string of the molecule is O=C1O[C@]2(CC[C@@H](C(=O)Nc3ccn(-c4ccc(O)cc4F)n3)CC2)c2c[n+]([O-])ccc21. The van der Waals surface area contributed by atoms with Gasteiger partial charge >= 0.3 is 5.97 Å². The number of amides is 1. The number of pyridine rings is 1. The van der Waals surface area contributed by atoms with Gasteiger partial charge in [0, 0.05) is 30.3 Å². The van der Waals surface area contributed by atoms with Gasteiger partial charge in [0.2, 0.25) is 5.91 Å². The topological polar surface area (TPSA) is 120 Å². The van der Waals surface area contributed by atoms with Gasteiger partial charge in [-0.25, -0.2) is 13.9 Å². The molecule has 2 N–H and O–H groups in total. The molecule has 10 heteroatoms. The number of nitrogens with one attached hydrogen (secondary N) is 1. The van der Waals surface area contributed by atoms with Crippen molar-refractivity contribution in [3.05, 3.63) is 71.1 Å². The first-order valence-corrected chi connectivity index (χ1v) is 10.2. The average molecular weight is 438 g/mol. The lowest BCUT2D eigenvalue weighted by atomic mass is 9.75. The highest BCUT2D eigenvalue weighted by atomic mass is 19.1. The van der Waals surface area contributed by atoms with Gasteiger partial charge in [-0.3, -0.25) is 4.79 Å². The van der Waals surface area contributed by atoms with Gasteiger partial charge in [-0.2, -0.15) is 4.73 Å². The van der Waals surface area contributed by atoms with Gasteiger partial charge in [-0.05, 0) is 37.8 Å². The van der Waals surface area contributed by atoms with E-state index < -0.39 is 17.4 Å². The summed E-state index contributed by atoms with van der Waals surface area (Å²) >= 11 is 0. The maximum absolute atomic E-state index is 14.0. The lowest BCUT2D eigenvalue weighted by molar-refractivity contribution is -0.606. The summed E-state index contributed by atoms with van der Waals surface area (Å²) in [5, 5.41) is 28.0. The molecule has 5 rings (SSSR count). The number of rotatable bonds is 3. The lowest BCUT2D eigenvalue weighted by Gasteiger charge is -2.35. The van der Waals surface area contributed by atoms with E-state index in [0.717, 1.165) is 6.07 Å². The Morgan fingerprint density at radius 3 is 2.84 bits per heavy atom. The van der Waals surface area contributed by atoms with Crippen molar-refractivity contribution in [3.63, 3.8) is 0 Å². The molecule has 2 aliphatic rings. The monoisotopic (exact) mass is 438 g/mol. The first kappa shape index (κ1) is 20.0. The Bertz CT molecular complexity index is 1230. The molecule has 0 radical (unpaired) electrons. The van der Waals surface area contributed by atoms with Crippen molar-refractivity contribution in [1.29, 1.82) is 0 Å². The van der Waals surface area contributed by atoms with Crippen LogP contribution in [0.4, 0.5) is 10.2 Å². The Morgan fingerprint density at radius 2 is 2.09 bits per heavy atom. The maximum atomic E-state index is 14.0. The van der Waals surface area contributed by atoms with Crippen molar-refractivity contribution in [2.75, 3.05) is 5.32 Å². The first-order chi connectivity index (χ1) is 15.3. The van der Waals surface area contributed by atoms with Gasteiger partial charge in [-0.15, -0.1) is 5.10 Å². The number of esters is 1. The van der Waals surface area contributed by atoms with Crippen molar-refractivity contribution in [2.24, 2.45) is 5.92 Å². The highest BCUT2D eigenvalue weighted by Gasteiger charge is 2.50. The summed E-state index contributed by atoms with van der Waals surface area (Å²) in [4.78, 5) is 25.0. The average Bonchev–Trinajstić information content (AvgIpc) is 3.31. The number of carbonyl (C=O) groups is 2. The number of carbonyl (C=O) groups excluding carboxylic acids is 2. The summed E-state index contributed by atoms with van der Waals surface area (Å²) in [6.45, 7) is 0. The molecule has 1 saturated carbocycles. The van der Waals surface area contributed by atoms with E-state index in [1.165, 1.54) is 41.5 Å². The summed E-state index contributed by atoms with van der Waals surface area (Å²) in [6.07, 6.45) is 5.95. The minimum atomic E-state index is -0.866. The molecule has 9 nitrogen and oxygen atoms in total. The van der Waals surface area contributed by atoms with E-state index in [1.807, 2.05) is 0 Å². The molecule has 1 amide bonds. The highest BCUT2D eigenvalue weighted by Crippen LogP contribution is 2.47. The number of fused-ring (bicyclic) bond motifs is 2. The van der Waals surface area contributed by atoms with Gasteiger partial charge < -0.3 is 20.4 Å². The molecule has 0 unspecified atom stereocenters. The van der Waals surface area contributed by atoms with E-state index in [4.69, 9.17) is 4.74 Å². The van der Waals surface area contributed by atoms with Crippen LogP contribution in [0, 0.1) is 16.9 Å². The third-order valence-electron chi connectivity index (χ3n) is 6.12. The van der Waals surface area contributed by atoms with Crippen LogP contribution in [-0.2, 0) is 15.1 Å². The molecule has 1 spiro atoms. The molecule has 3 heterocycles. The zero-order valence-corrected chi connectivity index (χ0v) is 16.8. The molecule has 2 aromatic heterocycles. The molecule has 1 aromatic carbocycles. The van der Waals surface area contributed by atoms with Crippen LogP contribution in [0.3, 0.4) is 0 Å². The van der Waals surface area contributed by atoms with E-state index in [9.17, 15) is 24.3 Å². The van der Waals surface area contributed by atoms with Crippen molar-refractivity contribution >= 4 is 17.7 Å². The molecule has 0 saturated heterocycles. The second-order valence-electron chi connectivity index (χ2n) is 8.06. The third-order valence-corrected chi connectivity index (χ3v) is 6.12. The summed E-state index contributed by atoms with van der Waals surface area (Å²) in [5.41, 5.74) is 0.245. The van der Waals surface area contributed by atoms with E-state index in [0.29, 0.717) is 41.5 Å². The van der Waals surface area contributed by atoms with E-state index >= 15 is 0 Å². The van der Waals surface area contributed by atoms with Crippen LogP contribution in [0.1, 0.15) is 41.6 Å². The molecule has 32 heavy (non-hydrogen) atoms. The van der Waals surface area contributed by atoms with Gasteiger partial charge in [0.05, 0.1) is 11.1 Å². The van der Waals surface area contributed by atoms with Crippen molar-refractivity contribution < 1.29 is 28.6 Å². The number of ether oxygens (including phenoxy) is 1. The van der Waals surface area contributed by atoms with Crippen LogP contribution >= 0.6 is 0 Å². The highest BCUT2D eigenvalue weighted by molar-refractivity contribution is 5.95. The summed E-state index contributed by atoms with van der Waals surface area (Å²) in [6, 6.07) is 6.73. The number of halogens is 1. The van der Waals surface area contributed by atoms with Crippen LogP contribution in [0.15, 0.2) is 48.9 Å². The normalized spacial score (nSPS) is 21.9. The second-order valence-corrected chi connectivity index (χ2v) is 8.06. The number of nitrogens with zero attached hydrogens (tertiary/aromatic N) is 3. The van der Waals surface area contributed by atoms with Crippen molar-refractivity contribution in [1.82, 2.24) is 9.78 Å². The largest absolute Gasteiger partial charge is 0.619 e. The zero-order chi connectivity index (χ0) is 22.5. The Hall–Kier alpha value is -3.95. The minimum absolute atomic E-state index is 0.139. The zero-order valence-electron chi connectivity index (χ0n) is 16.8. The summed E-state index contributed by atoms with van der Waals surface area (Å²) < 4.78 is 21.6. The van der Waals surface area contributed by atoms with Gasteiger partial charge in [0.25, 0.3) is 0 Å². The fraction of sp³-hybridized carbons (Fsp3) is 0.273. The predicted octanol–water partition coefficient (Wildman–Crippen LogP) is 2.55. The molecule has 1 fully saturated rings. The van der Waals surface area contributed by atoms with E-state index in [2.05, 4.69) is 10.4 Å². The smallest absolute Gasteiger partial charge is 0.339 e.